The molecule has 19 heavy (non-hydrogen) atoms. The van der Waals surface area contributed by atoms with E-state index in [1.54, 1.807) is 23.1 Å². The van der Waals surface area contributed by atoms with Gasteiger partial charge in [0, 0.05) is 29.5 Å². The third-order valence-electron chi connectivity index (χ3n) is 2.67. The highest BCUT2D eigenvalue weighted by Crippen LogP contribution is 2.17. The van der Waals surface area contributed by atoms with Crippen LogP contribution >= 0.6 is 15.9 Å². The summed E-state index contributed by atoms with van der Waals surface area (Å²) in [5.41, 5.74) is 5.87. The van der Waals surface area contributed by atoms with Crippen LogP contribution in [0.4, 0.5) is 4.39 Å². The highest BCUT2D eigenvalue weighted by molar-refractivity contribution is 9.10. The molecule has 0 fully saturated rings. The Morgan fingerprint density at radius 2 is 2.26 bits per heavy atom. The summed E-state index contributed by atoms with van der Waals surface area (Å²) in [5.74, 6) is -0.353. The summed E-state index contributed by atoms with van der Waals surface area (Å²) in [5, 5.41) is 0. The van der Waals surface area contributed by atoms with Gasteiger partial charge in [0.05, 0.1) is 0 Å². The third-order valence-corrected chi connectivity index (χ3v) is 3.16. The lowest BCUT2D eigenvalue weighted by molar-refractivity contribution is -0.131. The lowest BCUT2D eigenvalue weighted by atomic mass is 10.2. The highest BCUT2D eigenvalue weighted by Gasteiger charge is 2.14. The second kappa shape index (κ2) is 8.07. The maximum Gasteiger partial charge on any atom is 0.223 e. The van der Waals surface area contributed by atoms with Crippen molar-refractivity contribution < 1.29 is 9.18 Å². The van der Waals surface area contributed by atoms with E-state index in [4.69, 9.17) is 5.73 Å². The Labute approximate surface area is 121 Å². The summed E-state index contributed by atoms with van der Waals surface area (Å²) in [7, 11) is 0. The van der Waals surface area contributed by atoms with Crippen molar-refractivity contribution >= 4 is 21.8 Å². The zero-order valence-electron chi connectivity index (χ0n) is 10.7. The number of hydrogen-bond donors (Lipinski definition) is 1. The van der Waals surface area contributed by atoms with Crippen LogP contribution in [0.1, 0.15) is 18.4 Å². The Kier molecular flexibility index (Phi) is 6.73. The van der Waals surface area contributed by atoms with Gasteiger partial charge in [0.15, 0.2) is 0 Å². The van der Waals surface area contributed by atoms with Crippen LogP contribution in [0.5, 0.6) is 0 Å². The Morgan fingerprint density at radius 1 is 1.53 bits per heavy atom. The van der Waals surface area contributed by atoms with Crippen LogP contribution in [-0.4, -0.2) is 23.9 Å². The van der Waals surface area contributed by atoms with Gasteiger partial charge in [-0.3, -0.25) is 4.79 Å². The molecule has 0 saturated heterocycles. The van der Waals surface area contributed by atoms with Crippen molar-refractivity contribution in [2.75, 3.05) is 13.1 Å². The topological polar surface area (TPSA) is 46.3 Å². The fourth-order valence-corrected chi connectivity index (χ4v) is 2.10. The lowest BCUT2D eigenvalue weighted by Gasteiger charge is -2.21. The van der Waals surface area contributed by atoms with Gasteiger partial charge in [-0.1, -0.05) is 22.0 Å². The van der Waals surface area contributed by atoms with Gasteiger partial charge in [0.1, 0.15) is 5.82 Å². The minimum absolute atomic E-state index is 0.0373. The third kappa shape index (κ3) is 5.12. The minimum atomic E-state index is -0.316. The van der Waals surface area contributed by atoms with Crippen LogP contribution in [0.2, 0.25) is 0 Å². The molecule has 1 aromatic rings. The van der Waals surface area contributed by atoms with Crippen molar-refractivity contribution in [3.8, 4) is 0 Å². The van der Waals surface area contributed by atoms with Gasteiger partial charge in [0.2, 0.25) is 5.91 Å². The van der Waals surface area contributed by atoms with E-state index in [1.807, 2.05) is 0 Å². The first kappa shape index (κ1) is 15.9. The van der Waals surface area contributed by atoms with E-state index in [0.29, 0.717) is 31.5 Å². The van der Waals surface area contributed by atoms with Crippen molar-refractivity contribution in [1.29, 1.82) is 0 Å². The number of hydrogen-bond acceptors (Lipinski definition) is 2. The summed E-state index contributed by atoms with van der Waals surface area (Å²) in [6.45, 7) is 4.73. The molecule has 0 aromatic heterocycles. The predicted octanol–water partition coefficient (Wildman–Crippen LogP) is 2.84. The number of carbonyl (C=O) groups is 1. The molecule has 5 heteroatoms. The van der Waals surface area contributed by atoms with Crippen molar-refractivity contribution in [2.24, 2.45) is 5.73 Å². The number of nitrogens with zero attached hydrogens (tertiary/aromatic N) is 1. The second-order valence-electron chi connectivity index (χ2n) is 4.19. The van der Waals surface area contributed by atoms with Gasteiger partial charge in [0.25, 0.3) is 0 Å². The molecule has 0 saturated carbocycles. The molecule has 0 radical (unpaired) electrons. The van der Waals surface area contributed by atoms with Gasteiger partial charge >= 0.3 is 0 Å². The number of nitrogens with two attached hydrogens (primary N) is 1. The first-order chi connectivity index (χ1) is 9.08. The molecule has 0 spiro atoms. The largest absolute Gasteiger partial charge is 0.335 e. The molecule has 0 bridgehead atoms. The predicted molar refractivity (Wildman–Crippen MR) is 78.0 cm³/mol. The van der Waals surface area contributed by atoms with Gasteiger partial charge in [-0.05, 0) is 31.2 Å². The second-order valence-corrected chi connectivity index (χ2v) is 5.11. The van der Waals surface area contributed by atoms with Gasteiger partial charge in [-0.15, -0.1) is 6.58 Å². The van der Waals surface area contributed by atoms with Crippen LogP contribution in [0, 0.1) is 5.82 Å². The number of carbonyl (C=O) groups excluding carboxylic acids is 1. The molecule has 1 aromatic carbocycles. The molecular weight excluding hydrogens is 311 g/mol. The summed E-state index contributed by atoms with van der Waals surface area (Å²) in [4.78, 5) is 13.6. The number of benzene rings is 1. The van der Waals surface area contributed by atoms with Crippen molar-refractivity contribution in [2.45, 2.75) is 19.4 Å². The Morgan fingerprint density at radius 3 is 2.89 bits per heavy atom. The monoisotopic (exact) mass is 328 g/mol. The maximum atomic E-state index is 13.7. The summed E-state index contributed by atoms with van der Waals surface area (Å²) in [6, 6.07) is 4.70. The first-order valence-electron chi connectivity index (χ1n) is 6.11. The molecule has 0 aliphatic carbocycles. The molecule has 1 rings (SSSR count). The molecule has 2 N–H and O–H groups in total. The average molecular weight is 329 g/mol. The van der Waals surface area contributed by atoms with E-state index in [-0.39, 0.29) is 18.3 Å². The number of rotatable bonds is 7. The molecule has 1 amide bonds. The van der Waals surface area contributed by atoms with E-state index < -0.39 is 0 Å². The summed E-state index contributed by atoms with van der Waals surface area (Å²) < 4.78 is 14.5. The van der Waals surface area contributed by atoms with Gasteiger partial charge in [-0.2, -0.15) is 0 Å². The number of amides is 1. The Bertz CT molecular complexity index is 451. The quantitative estimate of drug-likeness (QED) is 0.782. The van der Waals surface area contributed by atoms with Gasteiger partial charge in [-0.25, -0.2) is 4.39 Å². The molecule has 0 aliphatic rings. The zero-order chi connectivity index (χ0) is 14.3. The first-order valence-corrected chi connectivity index (χ1v) is 6.90. The minimum Gasteiger partial charge on any atom is -0.335 e. The fraction of sp³-hybridized carbons (Fsp3) is 0.357. The SMILES string of the molecule is C=CCN(Cc1cc(Br)ccc1F)C(=O)CCCN. The van der Waals surface area contributed by atoms with Crippen LogP contribution in [-0.2, 0) is 11.3 Å². The summed E-state index contributed by atoms with van der Waals surface area (Å²) >= 11 is 3.30. The standard InChI is InChI=1S/C14H18BrFN2O/c1-2-8-18(14(19)4-3-7-17)10-11-9-12(15)5-6-13(11)16/h2,5-6,9H,1,3-4,7-8,10,17H2. The molecule has 3 nitrogen and oxygen atoms in total. The van der Waals surface area contributed by atoms with Crippen LogP contribution in [0.3, 0.4) is 0 Å². The van der Waals surface area contributed by atoms with E-state index in [1.165, 1.54) is 6.07 Å². The molecular formula is C14H18BrFN2O. The number of halogens is 2. The van der Waals surface area contributed by atoms with Crippen molar-refractivity contribution in [3.05, 3.63) is 46.7 Å². The molecule has 0 aliphatic heterocycles. The summed E-state index contributed by atoms with van der Waals surface area (Å²) in [6.07, 6.45) is 2.64. The molecule has 0 atom stereocenters. The maximum absolute atomic E-state index is 13.7. The van der Waals surface area contributed by atoms with E-state index in [2.05, 4.69) is 22.5 Å². The van der Waals surface area contributed by atoms with Crippen molar-refractivity contribution in [3.63, 3.8) is 0 Å². The highest BCUT2D eigenvalue weighted by atomic mass is 79.9. The van der Waals surface area contributed by atoms with Crippen LogP contribution < -0.4 is 5.73 Å². The zero-order valence-corrected chi connectivity index (χ0v) is 12.3. The fourth-order valence-electron chi connectivity index (χ4n) is 1.69. The van der Waals surface area contributed by atoms with Crippen LogP contribution in [0.15, 0.2) is 35.3 Å². The van der Waals surface area contributed by atoms with E-state index in [9.17, 15) is 9.18 Å². The Hall–Kier alpha value is -1.20. The average Bonchev–Trinajstić information content (AvgIpc) is 2.39. The molecule has 0 unspecified atom stereocenters. The van der Waals surface area contributed by atoms with E-state index >= 15 is 0 Å². The smallest absolute Gasteiger partial charge is 0.223 e. The molecule has 104 valence electrons. The van der Waals surface area contributed by atoms with Crippen LogP contribution in [0.25, 0.3) is 0 Å². The lowest BCUT2D eigenvalue weighted by Crippen LogP contribution is -2.31. The van der Waals surface area contributed by atoms with Crippen molar-refractivity contribution in [1.82, 2.24) is 4.90 Å². The Balaban J connectivity index is 2.79. The van der Waals surface area contributed by atoms with E-state index in [0.717, 1.165) is 4.47 Å². The van der Waals surface area contributed by atoms with Gasteiger partial charge < -0.3 is 10.6 Å². The molecule has 0 heterocycles. The normalized spacial score (nSPS) is 10.3.